The largest absolute Gasteiger partial charge is 0.673 e. The van der Waals surface area contributed by atoms with Crippen molar-refractivity contribution in [2.45, 2.75) is 39.2 Å². The molecule has 1 aromatic carbocycles. The molecule has 206 valence electrons. The van der Waals surface area contributed by atoms with Crippen molar-refractivity contribution in [1.82, 2.24) is 4.57 Å². The van der Waals surface area contributed by atoms with Gasteiger partial charge in [0, 0.05) is 30.2 Å². The zero-order valence-electron chi connectivity index (χ0n) is 21.1. The lowest BCUT2D eigenvalue weighted by molar-refractivity contribution is -0.697. The highest BCUT2D eigenvalue weighted by Gasteiger charge is 2.21. The summed E-state index contributed by atoms with van der Waals surface area (Å²) in [5.41, 5.74) is 6.15. The molecule has 0 bridgehead atoms. The first-order valence-corrected chi connectivity index (χ1v) is 12.1. The number of fused-ring (bicyclic) bond motifs is 1. The van der Waals surface area contributed by atoms with E-state index in [2.05, 4.69) is 107 Å². The highest BCUT2D eigenvalue weighted by molar-refractivity contribution is 6.50. The van der Waals surface area contributed by atoms with Crippen LogP contribution in [-0.2, 0) is 13.6 Å². The summed E-state index contributed by atoms with van der Waals surface area (Å²) in [4.78, 5) is 0. The molecule has 0 saturated heterocycles. The van der Waals surface area contributed by atoms with Crippen LogP contribution in [0.15, 0.2) is 79.4 Å². The Balaban J connectivity index is 0.000000435. The van der Waals surface area contributed by atoms with Crippen molar-refractivity contribution >= 4 is 20.2 Å². The molecule has 0 atom stereocenters. The van der Waals surface area contributed by atoms with E-state index in [0.717, 1.165) is 6.54 Å². The fourth-order valence-corrected chi connectivity index (χ4v) is 3.80. The van der Waals surface area contributed by atoms with Crippen LogP contribution in [0, 0.1) is 0 Å². The summed E-state index contributed by atoms with van der Waals surface area (Å²) < 4.78 is 84.8. The van der Waals surface area contributed by atoms with Crippen molar-refractivity contribution in [1.29, 1.82) is 0 Å². The molecular weight excluding hydrogens is 516 g/mol. The molecule has 3 aromatic heterocycles. The third-order valence-corrected chi connectivity index (χ3v) is 5.49. The van der Waals surface area contributed by atoms with E-state index in [1.807, 2.05) is 0 Å². The van der Waals surface area contributed by atoms with E-state index < -0.39 is 14.5 Å². The van der Waals surface area contributed by atoms with Gasteiger partial charge in [-0.15, -0.1) is 0 Å². The second kappa shape index (κ2) is 14.0. The lowest BCUT2D eigenvalue weighted by Gasteiger charge is -2.00. The molecule has 0 unspecified atom stereocenters. The fraction of sp³-hybridized carbons (Fsp3) is 0.280. The highest BCUT2D eigenvalue weighted by atomic mass is 19.5. The molecule has 4 aromatic rings. The van der Waals surface area contributed by atoms with Crippen LogP contribution in [0.3, 0.4) is 0 Å². The van der Waals surface area contributed by atoms with Crippen LogP contribution >= 0.6 is 0 Å². The topological polar surface area (TPSA) is 12.9 Å². The first-order chi connectivity index (χ1) is 17.8. The average Bonchev–Trinajstić information content (AvgIpc) is 3.16. The molecule has 0 aliphatic carbocycles. The van der Waals surface area contributed by atoms with Crippen LogP contribution in [0.1, 0.15) is 32.6 Å². The second-order valence-electron chi connectivity index (χ2n) is 8.50. The Morgan fingerprint density at radius 1 is 0.684 bits per heavy atom. The first-order valence-electron chi connectivity index (χ1n) is 12.1. The minimum absolute atomic E-state index is 1.10. The Labute approximate surface area is 216 Å². The van der Waals surface area contributed by atoms with Crippen LogP contribution in [0.2, 0.25) is 0 Å². The molecular formula is C25H29B2F8N3. The molecule has 0 N–H and O–H groups in total. The molecule has 0 saturated carbocycles. The molecule has 0 aliphatic rings. The Morgan fingerprint density at radius 3 is 1.79 bits per heavy atom. The van der Waals surface area contributed by atoms with Crippen LogP contribution in [0.25, 0.3) is 28.0 Å². The van der Waals surface area contributed by atoms with E-state index in [0.29, 0.717) is 0 Å². The maximum atomic E-state index is 9.75. The Kier molecular flexibility index (Phi) is 11.3. The SMILES string of the molecule is CCCCCC[n+]1ccc(-c2c[n+]3ccc(-c4ccccc4)cc3n2C)cc1.F[B-](F)(F)F.F[B-](F)(F)F. The molecule has 13 heteroatoms. The van der Waals surface area contributed by atoms with E-state index in [1.54, 1.807) is 0 Å². The molecule has 0 radical (unpaired) electrons. The third kappa shape index (κ3) is 11.4. The second-order valence-corrected chi connectivity index (χ2v) is 8.50. The van der Waals surface area contributed by atoms with Crippen molar-refractivity contribution in [2.75, 3.05) is 0 Å². The van der Waals surface area contributed by atoms with Gasteiger partial charge >= 0.3 is 14.5 Å². The first kappa shape index (κ1) is 30.9. The number of hydrogen-bond acceptors (Lipinski definition) is 0. The molecule has 0 spiro atoms. The summed E-state index contributed by atoms with van der Waals surface area (Å²) in [6.07, 6.45) is 14.0. The summed E-state index contributed by atoms with van der Waals surface area (Å²) in [6.45, 7) is 3.36. The number of aromatic nitrogens is 3. The van der Waals surface area contributed by atoms with Gasteiger partial charge in [-0.05, 0) is 23.6 Å². The van der Waals surface area contributed by atoms with Crippen molar-refractivity contribution in [3.63, 3.8) is 0 Å². The summed E-state index contributed by atoms with van der Waals surface area (Å²) in [6, 6.07) is 19.5. The van der Waals surface area contributed by atoms with Gasteiger partial charge in [0.05, 0.1) is 13.2 Å². The number of nitrogens with zero attached hydrogens (tertiary/aromatic N) is 3. The van der Waals surface area contributed by atoms with Gasteiger partial charge in [-0.3, -0.25) is 0 Å². The van der Waals surface area contributed by atoms with Crippen molar-refractivity contribution in [3.8, 4) is 22.4 Å². The molecule has 38 heavy (non-hydrogen) atoms. The van der Waals surface area contributed by atoms with Crippen molar-refractivity contribution in [3.05, 3.63) is 79.4 Å². The zero-order chi connectivity index (χ0) is 28.3. The fourth-order valence-electron chi connectivity index (χ4n) is 3.80. The lowest BCUT2D eigenvalue weighted by Crippen LogP contribution is -2.32. The van der Waals surface area contributed by atoms with Crippen LogP contribution < -0.4 is 8.97 Å². The predicted octanol–water partition coefficient (Wildman–Crippen LogP) is 7.57. The standard InChI is InChI=1S/C25H29N3.2BF4/c1-3-4-5-9-15-27-16-12-22(13-17-27)24-20-28-18-14-23(19-25(28)26(24)2)21-10-7-6-8-11-21;2*2-1(3,4)5/h6-8,10-14,16-20H,3-5,9,15H2,1-2H3;;/q+2;2*-1. The number of pyridine rings is 2. The van der Waals surface area contributed by atoms with E-state index in [9.17, 15) is 34.5 Å². The summed E-state index contributed by atoms with van der Waals surface area (Å²) in [5.74, 6) is 0. The number of imidazole rings is 1. The zero-order valence-corrected chi connectivity index (χ0v) is 21.1. The van der Waals surface area contributed by atoms with Crippen LogP contribution in [0.4, 0.5) is 34.5 Å². The summed E-state index contributed by atoms with van der Waals surface area (Å²) in [5, 5.41) is 0. The summed E-state index contributed by atoms with van der Waals surface area (Å²) in [7, 11) is -9.86. The van der Waals surface area contributed by atoms with E-state index in [1.165, 1.54) is 53.7 Å². The highest BCUT2D eigenvalue weighted by Crippen LogP contribution is 2.22. The van der Waals surface area contributed by atoms with Gasteiger partial charge in [0.1, 0.15) is 12.7 Å². The van der Waals surface area contributed by atoms with Gasteiger partial charge in [-0.25, -0.2) is 13.5 Å². The molecule has 0 fully saturated rings. The van der Waals surface area contributed by atoms with Crippen molar-refractivity contribution < 1.29 is 43.5 Å². The summed E-state index contributed by atoms with van der Waals surface area (Å²) >= 11 is 0. The predicted molar refractivity (Wildman–Crippen MR) is 134 cm³/mol. The average molecular weight is 545 g/mol. The van der Waals surface area contributed by atoms with E-state index in [4.69, 9.17) is 0 Å². The Hall–Kier alpha value is -3.37. The van der Waals surface area contributed by atoms with Gasteiger partial charge in [0.15, 0.2) is 18.1 Å². The van der Waals surface area contributed by atoms with Gasteiger partial charge in [-0.1, -0.05) is 50.1 Å². The van der Waals surface area contributed by atoms with Gasteiger partial charge in [0.2, 0.25) is 0 Å². The molecule has 4 rings (SSSR count). The number of benzene rings is 1. The molecule has 3 heterocycles. The molecule has 0 aliphatic heterocycles. The Bertz CT molecular complexity index is 1230. The lowest BCUT2D eigenvalue weighted by atomic mass is 10.1. The number of hydrogen-bond donors (Lipinski definition) is 0. The third-order valence-electron chi connectivity index (χ3n) is 5.49. The minimum Gasteiger partial charge on any atom is -0.418 e. The number of unbranched alkanes of at least 4 members (excludes halogenated alkanes) is 3. The number of aryl methyl sites for hydroxylation is 2. The van der Waals surface area contributed by atoms with E-state index in [-0.39, 0.29) is 0 Å². The number of rotatable bonds is 7. The quantitative estimate of drug-likeness (QED) is 0.0985. The normalized spacial score (nSPS) is 11.4. The van der Waals surface area contributed by atoms with Crippen LogP contribution in [-0.4, -0.2) is 19.1 Å². The Morgan fingerprint density at radius 2 is 1.24 bits per heavy atom. The number of halogens is 8. The van der Waals surface area contributed by atoms with Gasteiger partial charge in [-0.2, -0.15) is 0 Å². The maximum Gasteiger partial charge on any atom is 0.673 e. The van der Waals surface area contributed by atoms with Gasteiger partial charge < -0.3 is 34.5 Å². The van der Waals surface area contributed by atoms with Crippen molar-refractivity contribution in [2.24, 2.45) is 7.05 Å². The smallest absolute Gasteiger partial charge is 0.418 e. The van der Waals surface area contributed by atoms with Gasteiger partial charge in [0.25, 0.3) is 5.65 Å². The molecule has 3 nitrogen and oxygen atoms in total. The minimum atomic E-state index is -6.00. The van der Waals surface area contributed by atoms with E-state index >= 15 is 0 Å². The van der Waals surface area contributed by atoms with Crippen LogP contribution in [0.5, 0.6) is 0 Å². The monoisotopic (exact) mass is 545 g/mol. The molecule has 0 amide bonds. The maximum absolute atomic E-state index is 9.75.